The predicted molar refractivity (Wildman–Crippen MR) is 116 cm³/mol. The maximum absolute atomic E-state index is 6.06. The molecule has 0 aliphatic carbocycles. The third-order valence-electron chi connectivity index (χ3n) is 4.79. The van der Waals surface area contributed by atoms with Gasteiger partial charge in [-0.25, -0.2) is 4.98 Å². The number of rotatable bonds is 7. The molecule has 0 radical (unpaired) electrons. The van der Waals surface area contributed by atoms with E-state index in [0.29, 0.717) is 6.61 Å². The minimum Gasteiger partial charge on any atom is -0.494 e. The lowest BCUT2D eigenvalue weighted by Crippen LogP contribution is -2.04. The van der Waals surface area contributed by atoms with Crippen LogP contribution in [0.4, 0.5) is 0 Å². The van der Waals surface area contributed by atoms with Gasteiger partial charge in [-0.1, -0.05) is 35.9 Å². The summed E-state index contributed by atoms with van der Waals surface area (Å²) in [5.74, 6) is 1.92. The van der Waals surface area contributed by atoms with Gasteiger partial charge < -0.3 is 9.30 Å². The van der Waals surface area contributed by atoms with E-state index in [0.717, 1.165) is 52.6 Å². The van der Waals surface area contributed by atoms with Gasteiger partial charge in [-0.05, 0) is 73.9 Å². The molecule has 0 aliphatic heterocycles. The molecule has 1 heterocycles. The first-order valence-electron chi connectivity index (χ1n) is 9.61. The maximum Gasteiger partial charge on any atom is 0.141 e. The van der Waals surface area contributed by atoms with Crippen molar-refractivity contribution in [2.45, 2.75) is 26.3 Å². The summed E-state index contributed by atoms with van der Waals surface area (Å²) in [6, 6.07) is 24.4. The predicted octanol–water partition coefficient (Wildman–Crippen LogP) is 6.52. The van der Waals surface area contributed by atoms with Crippen LogP contribution in [0.2, 0.25) is 5.02 Å². The molecule has 0 fully saturated rings. The molecule has 0 atom stereocenters. The first kappa shape index (κ1) is 18.6. The van der Waals surface area contributed by atoms with Crippen molar-refractivity contribution in [3.05, 3.63) is 83.4 Å². The maximum atomic E-state index is 6.06. The lowest BCUT2D eigenvalue weighted by Gasteiger charge is -2.10. The largest absolute Gasteiger partial charge is 0.494 e. The average molecular weight is 391 g/mol. The van der Waals surface area contributed by atoms with Crippen LogP contribution in [0, 0.1) is 6.92 Å². The summed E-state index contributed by atoms with van der Waals surface area (Å²) in [7, 11) is 0. The Morgan fingerprint density at radius 1 is 0.929 bits per heavy atom. The molecule has 142 valence electrons. The number of para-hydroxylation sites is 2. The zero-order valence-electron chi connectivity index (χ0n) is 15.9. The molecule has 0 bridgehead atoms. The molecule has 3 nitrogen and oxygen atoms in total. The number of ether oxygens (including phenoxy) is 1. The molecule has 0 N–H and O–H groups in total. The Kier molecular flexibility index (Phi) is 5.63. The Morgan fingerprint density at radius 3 is 2.57 bits per heavy atom. The van der Waals surface area contributed by atoms with Crippen molar-refractivity contribution in [1.82, 2.24) is 9.55 Å². The number of hydrogen-bond donors (Lipinski definition) is 0. The molecule has 3 aromatic carbocycles. The molecule has 1 aromatic heterocycles. The highest BCUT2D eigenvalue weighted by Crippen LogP contribution is 2.26. The molecule has 0 saturated carbocycles. The molecular weight excluding hydrogens is 368 g/mol. The molecule has 0 spiro atoms. The Labute approximate surface area is 170 Å². The van der Waals surface area contributed by atoms with Gasteiger partial charge in [-0.15, -0.1) is 0 Å². The van der Waals surface area contributed by atoms with Gasteiger partial charge in [0.2, 0.25) is 0 Å². The number of hydrogen-bond acceptors (Lipinski definition) is 2. The van der Waals surface area contributed by atoms with Crippen LogP contribution in [-0.2, 0) is 6.54 Å². The SMILES string of the molecule is Cc1cccc(OCCCCn2c(-c3ccc(Cl)cc3)nc3ccccc32)c1. The Morgan fingerprint density at radius 2 is 1.75 bits per heavy atom. The van der Waals surface area contributed by atoms with Crippen LogP contribution in [0.1, 0.15) is 18.4 Å². The van der Waals surface area contributed by atoms with Gasteiger partial charge in [0.25, 0.3) is 0 Å². The molecule has 4 aromatic rings. The second-order valence-electron chi connectivity index (χ2n) is 6.95. The number of halogens is 1. The van der Waals surface area contributed by atoms with Crippen LogP contribution >= 0.6 is 11.6 Å². The van der Waals surface area contributed by atoms with Gasteiger partial charge in [0.15, 0.2) is 0 Å². The molecule has 0 unspecified atom stereocenters. The first-order chi connectivity index (χ1) is 13.7. The molecule has 0 aliphatic rings. The van der Waals surface area contributed by atoms with Crippen LogP contribution < -0.4 is 4.74 Å². The van der Waals surface area contributed by atoms with Gasteiger partial charge in [-0.3, -0.25) is 0 Å². The zero-order chi connectivity index (χ0) is 19.3. The second-order valence-corrected chi connectivity index (χ2v) is 7.39. The quantitative estimate of drug-likeness (QED) is 0.335. The normalized spacial score (nSPS) is 11.1. The van der Waals surface area contributed by atoms with Crippen molar-refractivity contribution < 1.29 is 4.74 Å². The van der Waals surface area contributed by atoms with Crippen molar-refractivity contribution in [2.75, 3.05) is 6.61 Å². The summed E-state index contributed by atoms with van der Waals surface area (Å²) < 4.78 is 8.18. The summed E-state index contributed by atoms with van der Waals surface area (Å²) in [6.07, 6.45) is 2.01. The number of aromatic nitrogens is 2. The Bertz CT molecular complexity index is 1070. The fourth-order valence-corrected chi connectivity index (χ4v) is 3.51. The number of nitrogens with zero attached hydrogens (tertiary/aromatic N) is 2. The van der Waals surface area contributed by atoms with Crippen molar-refractivity contribution >= 4 is 22.6 Å². The summed E-state index contributed by atoms with van der Waals surface area (Å²) in [4.78, 5) is 4.86. The third-order valence-corrected chi connectivity index (χ3v) is 5.04. The lowest BCUT2D eigenvalue weighted by molar-refractivity contribution is 0.303. The number of imidazole rings is 1. The molecule has 4 heteroatoms. The highest BCUT2D eigenvalue weighted by molar-refractivity contribution is 6.30. The van der Waals surface area contributed by atoms with Gasteiger partial charge in [-0.2, -0.15) is 0 Å². The second kappa shape index (κ2) is 8.49. The molecule has 0 amide bonds. The van der Waals surface area contributed by atoms with Crippen molar-refractivity contribution in [3.63, 3.8) is 0 Å². The first-order valence-corrected chi connectivity index (χ1v) is 9.99. The summed E-state index contributed by atoms with van der Waals surface area (Å²) in [5, 5.41) is 0.736. The van der Waals surface area contributed by atoms with Gasteiger partial charge in [0.1, 0.15) is 11.6 Å². The minimum absolute atomic E-state index is 0.715. The van der Waals surface area contributed by atoms with Crippen LogP contribution in [0.25, 0.3) is 22.4 Å². The molecule has 0 saturated heterocycles. The molecule has 4 rings (SSSR count). The van der Waals surface area contributed by atoms with E-state index >= 15 is 0 Å². The molecular formula is C24H23ClN2O. The number of benzene rings is 3. The summed E-state index contributed by atoms with van der Waals surface area (Å²) >= 11 is 6.06. The van der Waals surface area contributed by atoms with Gasteiger partial charge >= 0.3 is 0 Å². The minimum atomic E-state index is 0.715. The van der Waals surface area contributed by atoms with Gasteiger partial charge in [0, 0.05) is 17.1 Å². The van der Waals surface area contributed by atoms with E-state index in [1.807, 2.05) is 42.5 Å². The van der Waals surface area contributed by atoms with Crippen molar-refractivity contribution in [1.29, 1.82) is 0 Å². The third kappa shape index (κ3) is 4.20. The van der Waals surface area contributed by atoms with E-state index < -0.39 is 0 Å². The average Bonchev–Trinajstić information content (AvgIpc) is 3.07. The number of fused-ring (bicyclic) bond motifs is 1. The van der Waals surface area contributed by atoms with Crippen molar-refractivity contribution in [2.24, 2.45) is 0 Å². The highest BCUT2D eigenvalue weighted by atomic mass is 35.5. The fourth-order valence-electron chi connectivity index (χ4n) is 3.39. The standard InChI is InChI=1S/C24H23ClN2O/c1-18-7-6-8-21(17-18)28-16-5-4-15-27-23-10-3-2-9-22(23)26-24(27)19-11-13-20(25)14-12-19/h2-3,6-14,17H,4-5,15-16H2,1H3. The Hall–Kier alpha value is -2.78. The van der Waals surface area contributed by atoms with Crippen LogP contribution in [0.15, 0.2) is 72.8 Å². The van der Waals surface area contributed by atoms with Crippen molar-refractivity contribution in [3.8, 4) is 17.1 Å². The van der Waals surface area contributed by atoms with E-state index in [1.165, 1.54) is 5.56 Å². The topological polar surface area (TPSA) is 27.1 Å². The van der Waals surface area contributed by atoms with E-state index in [9.17, 15) is 0 Å². The number of unbranched alkanes of at least 4 members (excludes halogenated alkanes) is 1. The van der Waals surface area contributed by atoms with E-state index in [4.69, 9.17) is 21.3 Å². The van der Waals surface area contributed by atoms with E-state index in [1.54, 1.807) is 0 Å². The summed E-state index contributed by atoms with van der Waals surface area (Å²) in [5.41, 5.74) is 4.47. The highest BCUT2D eigenvalue weighted by Gasteiger charge is 2.12. The Balaban J connectivity index is 1.46. The number of aryl methyl sites for hydroxylation is 2. The van der Waals surface area contributed by atoms with Crippen LogP contribution in [0.5, 0.6) is 5.75 Å². The van der Waals surface area contributed by atoms with Gasteiger partial charge in [0.05, 0.1) is 17.6 Å². The zero-order valence-corrected chi connectivity index (χ0v) is 16.7. The fraction of sp³-hybridized carbons (Fsp3) is 0.208. The molecule has 28 heavy (non-hydrogen) atoms. The summed E-state index contributed by atoms with van der Waals surface area (Å²) in [6.45, 7) is 3.69. The van der Waals surface area contributed by atoms with E-state index in [-0.39, 0.29) is 0 Å². The van der Waals surface area contributed by atoms with E-state index in [2.05, 4.69) is 41.8 Å². The monoisotopic (exact) mass is 390 g/mol. The van der Waals surface area contributed by atoms with Crippen LogP contribution in [0.3, 0.4) is 0 Å². The smallest absolute Gasteiger partial charge is 0.141 e. The van der Waals surface area contributed by atoms with Crippen LogP contribution in [-0.4, -0.2) is 16.2 Å². The lowest BCUT2D eigenvalue weighted by atomic mass is 10.2.